The summed E-state index contributed by atoms with van der Waals surface area (Å²) >= 11 is 0. The van der Waals surface area contributed by atoms with Crippen LogP contribution in [0.5, 0.6) is 17.2 Å². The van der Waals surface area contributed by atoms with Crippen molar-refractivity contribution in [2.24, 2.45) is 0 Å². The first-order valence-corrected chi connectivity index (χ1v) is 9.19. The molecule has 0 bridgehead atoms. The largest absolute Gasteiger partial charge is 0.492 e. The molecule has 2 aromatic carbocycles. The fourth-order valence-corrected chi connectivity index (χ4v) is 4.04. The van der Waals surface area contributed by atoms with Crippen molar-refractivity contribution in [3.05, 3.63) is 46.5 Å². The summed E-state index contributed by atoms with van der Waals surface area (Å²) in [7, 11) is 3.65. The molecule has 0 radical (unpaired) electrons. The Morgan fingerprint density at radius 2 is 2.07 bits per heavy atom. The predicted octanol–water partition coefficient (Wildman–Crippen LogP) is 1.79. The molecule has 2 atom stereocenters. The van der Waals surface area contributed by atoms with Gasteiger partial charge in [-0.25, -0.2) is 0 Å². The minimum absolute atomic E-state index is 0.0439. The van der Waals surface area contributed by atoms with E-state index >= 15 is 0 Å². The quantitative estimate of drug-likeness (QED) is 0.866. The number of nitrogens with one attached hydrogen (secondary N) is 2. The van der Waals surface area contributed by atoms with Gasteiger partial charge in [-0.05, 0) is 37.1 Å². The number of benzene rings is 2. The standard InChI is InChI=1S/C21H24N2O4/c1-12-5-6-15(13(2)9-12)22-21(24)18-17-14(7-8-23(18)3)10-16-19(20(17)25-4)27-11-26-16/h5-6,9-10,18H,7-8,11H2,1-4H3,(H,22,24)/p+1/t18-/m1/s1. The molecule has 4 rings (SSSR count). The summed E-state index contributed by atoms with van der Waals surface area (Å²) in [5.74, 6) is 1.85. The van der Waals surface area contributed by atoms with Crippen LogP contribution in [-0.4, -0.2) is 33.4 Å². The molecule has 0 aliphatic carbocycles. The molecule has 0 saturated heterocycles. The molecule has 142 valence electrons. The van der Waals surface area contributed by atoms with Crippen molar-refractivity contribution in [3.63, 3.8) is 0 Å². The fraction of sp³-hybridized carbons (Fsp3) is 0.381. The van der Waals surface area contributed by atoms with Crippen LogP contribution in [0.1, 0.15) is 28.3 Å². The van der Waals surface area contributed by atoms with E-state index in [4.69, 9.17) is 14.2 Å². The molecule has 0 saturated carbocycles. The van der Waals surface area contributed by atoms with Gasteiger partial charge in [0.1, 0.15) is 0 Å². The number of carbonyl (C=O) groups is 1. The van der Waals surface area contributed by atoms with Crippen LogP contribution in [0.4, 0.5) is 5.69 Å². The van der Waals surface area contributed by atoms with E-state index < -0.39 is 0 Å². The lowest BCUT2D eigenvalue weighted by Gasteiger charge is -2.32. The SMILES string of the molecule is COc1c2c(cc3c1[C@H](C(=O)Nc1ccc(C)cc1C)[NH+](C)CC3)OCO2. The van der Waals surface area contributed by atoms with Crippen molar-refractivity contribution in [2.75, 3.05) is 32.8 Å². The van der Waals surface area contributed by atoms with Crippen molar-refractivity contribution >= 4 is 11.6 Å². The first-order valence-electron chi connectivity index (χ1n) is 9.19. The minimum Gasteiger partial charge on any atom is -0.492 e. The molecule has 0 aromatic heterocycles. The smallest absolute Gasteiger partial charge is 0.287 e. The molecule has 2 heterocycles. The van der Waals surface area contributed by atoms with Gasteiger partial charge in [0.25, 0.3) is 5.91 Å². The molecule has 1 unspecified atom stereocenters. The zero-order valence-electron chi connectivity index (χ0n) is 16.1. The Morgan fingerprint density at radius 3 is 2.81 bits per heavy atom. The predicted molar refractivity (Wildman–Crippen MR) is 102 cm³/mol. The first kappa shape index (κ1) is 17.7. The molecular formula is C21H25N2O4+. The van der Waals surface area contributed by atoms with Crippen LogP contribution in [0.25, 0.3) is 0 Å². The molecule has 6 heteroatoms. The summed E-state index contributed by atoms with van der Waals surface area (Å²) in [6.07, 6.45) is 0.863. The number of ether oxygens (including phenoxy) is 3. The summed E-state index contributed by atoms with van der Waals surface area (Å²) in [5, 5.41) is 3.11. The second-order valence-corrected chi connectivity index (χ2v) is 7.30. The summed E-state index contributed by atoms with van der Waals surface area (Å²) in [4.78, 5) is 14.4. The monoisotopic (exact) mass is 369 g/mol. The van der Waals surface area contributed by atoms with Gasteiger partial charge in [0.05, 0.1) is 26.3 Å². The van der Waals surface area contributed by atoms with Crippen LogP contribution in [0, 0.1) is 13.8 Å². The van der Waals surface area contributed by atoms with Gasteiger partial charge >= 0.3 is 0 Å². The number of quaternary nitrogens is 1. The highest BCUT2D eigenvalue weighted by atomic mass is 16.7. The Bertz CT molecular complexity index is 910. The van der Waals surface area contributed by atoms with E-state index in [0.717, 1.165) is 40.2 Å². The number of aryl methyl sites for hydroxylation is 2. The number of fused-ring (bicyclic) bond motifs is 2. The lowest BCUT2D eigenvalue weighted by atomic mass is 9.90. The molecule has 0 fully saturated rings. The second kappa shape index (κ2) is 6.78. The molecule has 2 aliphatic rings. The van der Waals surface area contributed by atoms with Crippen molar-refractivity contribution in [1.82, 2.24) is 0 Å². The van der Waals surface area contributed by atoms with E-state index in [1.807, 2.05) is 39.1 Å². The average Bonchev–Trinajstić information content (AvgIpc) is 3.10. The summed E-state index contributed by atoms with van der Waals surface area (Å²) in [6.45, 7) is 5.09. The van der Waals surface area contributed by atoms with Gasteiger partial charge in [0, 0.05) is 12.1 Å². The Labute approximate surface area is 159 Å². The number of anilines is 1. The van der Waals surface area contributed by atoms with Gasteiger partial charge in [-0.2, -0.15) is 0 Å². The highest BCUT2D eigenvalue weighted by Gasteiger charge is 2.40. The van der Waals surface area contributed by atoms with E-state index in [2.05, 4.69) is 11.4 Å². The normalized spacial score (nSPS) is 20.1. The van der Waals surface area contributed by atoms with Gasteiger partial charge in [0.2, 0.25) is 12.5 Å². The summed E-state index contributed by atoms with van der Waals surface area (Å²) in [6, 6.07) is 7.65. The topological polar surface area (TPSA) is 61.2 Å². The van der Waals surface area contributed by atoms with Gasteiger partial charge in [-0.15, -0.1) is 0 Å². The van der Waals surface area contributed by atoms with Crippen LogP contribution in [0.15, 0.2) is 24.3 Å². The van der Waals surface area contributed by atoms with Crippen LogP contribution in [0.3, 0.4) is 0 Å². The Morgan fingerprint density at radius 1 is 1.26 bits per heavy atom. The van der Waals surface area contributed by atoms with E-state index in [-0.39, 0.29) is 18.7 Å². The maximum atomic E-state index is 13.3. The third kappa shape index (κ3) is 3.00. The number of likely N-dealkylation sites (N-methyl/N-ethyl adjacent to an activating group) is 1. The third-order valence-electron chi connectivity index (χ3n) is 5.42. The number of hydrogen-bond donors (Lipinski definition) is 2. The zero-order valence-corrected chi connectivity index (χ0v) is 16.1. The van der Waals surface area contributed by atoms with Gasteiger partial charge in [0.15, 0.2) is 17.5 Å². The molecule has 2 N–H and O–H groups in total. The Balaban J connectivity index is 1.74. The van der Waals surface area contributed by atoms with Crippen LogP contribution < -0.4 is 24.4 Å². The van der Waals surface area contributed by atoms with Crippen molar-refractivity contribution in [2.45, 2.75) is 26.3 Å². The molecule has 0 spiro atoms. The third-order valence-corrected chi connectivity index (χ3v) is 5.42. The molecule has 1 amide bonds. The highest BCUT2D eigenvalue weighted by molar-refractivity contribution is 5.96. The molecule has 6 nitrogen and oxygen atoms in total. The fourth-order valence-electron chi connectivity index (χ4n) is 4.04. The Hall–Kier alpha value is -2.73. The highest BCUT2D eigenvalue weighted by Crippen LogP contribution is 2.47. The van der Waals surface area contributed by atoms with Gasteiger partial charge in [-0.1, -0.05) is 17.7 Å². The maximum Gasteiger partial charge on any atom is 0.287 e. The Kier molecular flexibility index (Phi) is 4.44. The van der Waals surface area contributed by atoms with Crippen molar-refractivity contribution in [3.8, 4) is 17.2 Å². The van der Waals surface area contributed by atoms with E-state index in [1.54, 1.807) is 7.11 Å². The minimum atomic E-state index is -0.376. The average molecular weight is 369 g/mol. The van der Waals surface area contributed by atoms with E-state index in [9.17, 15) is 4.79 Å². The number of carbonyl (C=O) groups excluding carboxylic acids is 1. The maximum absolute atomic E-state index is 13.3. The van der Waals surface area contributed by atoms with Gasteiger partial charge in [-0.3, -0.25) is 4.79 Å². The first-order chi connectivity index (χ1) is 13.0. The van der Waals surface area contributed by atoms with E-state index in [1.165, 1.54) is 5.56 Å². The summed E-state index contributed by atoms with van der Waals surface area (Å²) in [5.41, 5.74) is 5.04. The number of amides is 1. The van der Waals surface area contributed by atoms with E-state index in [0.29, 0.717) is 17.2 Å². The zero-order chi connectivity index (χ0) is 19.1. The van der Waals surface area contributed by atoms with Gasteiger partial charge < -0.3 is 24.4 Å². The molecule has 27 heavy (non-hydrogen) atoms. The summed E-state index contributed by atoms with van der Waals surface area (Å²) < 4.78 is 16.8. The lowest BCUT2D eigenvalue weighted by molar-refractivity contribution is -0.904. The lowest BCUT2D eigenvalue weighted by Crippen LogP contribution is -3.11. The molecule has 2 aromatic rings. The van der Waals surface area contributed by atoms with Crippen LogP contribution >= 0.6 is 0 Å². The van der Waals surface area contributed by atoms with Crippen LogP contribution in [0.2, 0.25) is 0 Å². The van der Waals surface area contributed by atoms with Crippen LogP contribution in [-0.2, 0) is 11.2 Å². The van der Waals surface area contributed by atoms with Crippen molar-refractivity contribution in [1.29, 1.82) is 0 Å². The molecule has 2 aliphatic heterocycles. The van der Waals surface area contributed by atoms with Crippen molar-refractivity contribution < 1.29 is 23.9 Å². The number of rotatable bonds is 3. The number of methoxy groups -OCH3 is 1. The second-order valence-electron chi connectivity index (χ2n) is 7.30. The molecular weight excluding hydrogens is 344 g/mol. The number of hydrogen-bond acceptors (Lipinski definition) is 4.